The maximum absolute atomic E-state index is 13.3. The van der Waals surface area contributed by atoms with Crippen LogP contribution in [-0.2, 0) is 16.6 Å². The minimum absolute atomic E-state index is 0.0529. The molecule has 3 aromatic rings. The number of aromatic nitrogens is 2. The highest BCUT2D eigenvalue weighted by atomic mass is 32.2. The van der Waals surface area contributed by atoms with Crippen molar-refractivity contribution in [1.29, 1.82) is 0 Å². The molecule has 11 heteroatoms. The Hall–Kier alpha value is -3.44. The van der Waals surface area contributed by atoms with Gasteiger partial charge in [-0.1, -0.05) is 6.42 Å². The molecule has 0 amide bonds. The van der Waals surface area contributed by atoms with E-state index >= 15 is 0 Å². The number of carbonyl (C=O) groups is 1. The number of aromatic carboxylic acids is 1. The number of hydrogen-bond acceptors (Lipinski definition) is 6. The molecule has 1 aliphatic rings. The van der Waals surface area contributed by atoms with Gasteiger partial charge in [0.2, 0.25) is 10.0 Å². The lowest BCUT2D eigenvalue weighted by molar-refractivity contribution is 0.0692. The van der Waals surface area contributed by atoms with Gasteiger partial charge in [0.15, 0.2) is 0 Å². The fraction of sp³-hybridized carbons (Fsp3) is 0.261. The number of nitrogens with zero attached hydrogens (tertiary/aromatic N) is 3. The minimum Gasteiger partial charge on any atom is -0.487 e. The van der Waals surface area contributed by atoms with E-state index in [0.717, 1.165) is 24.8 Å². The summed E-state index contributed by atoms with van der Waals surface area (Å²) in [5.41, 5.74) is -0.124. The van der Waals surface area contributed by atoms with Gasteiger partial charge < -0.3 is 9.84 Å². The lowest BCUT2D eigenvalue weighted by Gasteiger charge is -2.33. The fourth-order valence-corrected chi connectivity index (χ4v) is 5.41. The molecule has 4 rings (SSSR count). The highest BCUT2D eigenvalue weighted by Gasteiger charge is 2.36. The molecule has 1 aliphatic heterocycles. The third-order valence-electron chi connectivity index (χ3n) is 5.48. The lowest BCUT2D eigenvalue weighted by Crippen LogP contribution is -2.39. The monoisotopic (exact) mass is 489 g/mol. The molecule has 8 nitrogen and oxygen atoms in total. The summed E-state index contributed by atoms with van der Waals surface area (Å²) in [5.74, 6) is -1.79. The molecule has 0 aliphatic carbocycles. The van der Waals surface area contributed by atoms with Crippen LogP contribution in [0.4, 0.5) is 8.78 Å². The van der Waals surface area contributed by atoms with Crippen LogP contribution in [0, 0.1) is 11.6 Å². The third kappa shape index (κ3) is 5.05. The topological polar surface area (TPSA) is 110 Å². The lowest BCUT2D eigenvalue weighted by atomic mass is 10.0. The highest BCUT2D eigenvalue weighted by molar-refractivity contribution is 7.89. The Kier molecular flexibility index (Phi) is 6.85. The second-order valence-electron chi connectivity index (χ2n) is 7.72. The van der Waals surface area contributed by atoms with E-state index in [0.29, 0.717) is 18.6 Å². The fourth-order valence-electron chi connectivity index (χ4n) is 3.76. The second-order valence-corrected chi connectivity index (χ2v) is 9.61. The Labute approximate surface area is 194 Å². The largest absolute Gasteiger partial charge is 0.487 e. The predicted octanol–water partition coefficient (Wildman–Crippen LogP) is 3.95. The number of carboxylic acids is 1. The van der Waals surface area contributed by atoms with E-state index in [2.05, 4.69) is 9.97 Å². The van der Waals surface area contributed by atoms with Gasteiger partial charge in [-0.3, -0.25) is 0 Å². The Morgan fingerprint density at radius 2 is 1.71 bits per heavy atom. The van der Waals surface area contributed by atoms with E-state index in [-0.39, 0.29) is 35.1 Å². The second kappa shape index (κ2) is 9.82. The van der Waals surface area contributed by atoms with Gasteiger partial charge >= 0.3 is 5.97 Å². The smallest absolute Gasteiger partial charge is 0.339 e. The third-order valence-corrected chi connectivity index (χ3v) is 7.40. The average Bonchev–Trinajstić information content (AvgIpc) is 2.83. The first-order valence-corrected chi connectivity index (χ1v) is 11.9. The number of halogens is 2. The maximum atomic E-state index is 13.3. The molecule has 178 valence electrons. The normalized spacial score (nSPS) is 16.8. The zero-order valence-electron chi connectivity index (χ0n) is 17.9. The summed E-state index contributed by atoms with van der Waals surface area (Å²) < 4.78 is 59.8. The van der Waals surface area contributed by atoms with E-state index in [4.69, 9.17) is 4.74 Å². The summed E-state index contributed by atoms with van der Waals surface area (Å²) in [7, 11) is -3.97. The summed E-state index contributed by atoms with van der Waals surface area (Å²) in [6.45, 7) is -0.0178. The van der Waals surface area contributed by atoms with Crippen molar-refractivity contribution in [3.8, 4) is 5.75 Å². The van der Waals surface area contributed by atoms with Crippen molar-refractivity contribution in [1.82, 2.24) is 14.3 Å². The number of rotatable bonds is 7. The van der Waals surface area contributed by atoms with Gasteiger partial charge in [-0.15, -0.1) is 0 Å². The van der Waals surface area contributed by atoms with Crippen LogP contribution in [0.3, 0.4) is 0 Å². The molecule has 2 aromatic carbocycles. The molecule has 0 saturated carbocycles. The van der Waals surface area contributed by atoms with E-state index < -0.39 is 33.7 Å². The Morgan fingerprint density at radius 3 is 2.35 bits per heavy atom. The zero-order chi connectivity index (χ0) is 24.3. The quantitative estimate of drug-likeness (QED) is 0.535. The Bertz CT molecular complexity index is 1280. The molecule has 2 heterocycles. The van der Waals surface area contributed by atoms with Crippen LogP contribution < -0.4 is 4.74 Å². The number of piperidine rings is 1. The number of sulfonamides is 1. The van der Waals surface area contributed by atoms with Crippen molar-refractivity contribution in [2.75, 3.05) is 6.54 Å². The van der Waals surface area contributed by atoms with Crippen LogP contribution >= 0.6 is 0 Å². The highest BCUT2D eigenvalue weighted by Crippen LogP contribution is 2.34. The standard InChI is InChI=1S/C23H21F2N3O5S/c24-15-4-8-17(9-5-15)33-14-20-19(23(29)30)13-26-22(27-20)21-3-1-2-12-28(21)34(31,32)18-10-6-16(25)7-11-18/h4-11,13,21H,1-3,12,14H2,(H,29,30). The van der Waals surface area contributed by atoms with Gasteiger partial charge in [0, 0.05) is 12.7 Å². The molecular weight excluding hydrogens is 468 g/mol. The molecule has 34 heavy (non-hydrogen) atoms. The van der Waals surface area contributed by atoms with Crippen molar-refractivity contribution in [2.45, 2.75) is 36.8 Å². The van der Waals surface area contributed by atoms with Gasteiger partial charge in [0.25, 0.3) is 0 Å². The summed E-state index contributed by atoms with van der Waals surface area (Å²) >= 11 is 0. The summed E-state index contributed by atoms with van der Waals surface area (Å²) in [6.07, 6.45) is 2.92. The van der Waals surface area contributed by atoms with Gasteiger partial charge in [0.05, 0.1) is 16.6 Å². The Morgan fingerprint density at radius 1 is 1.06 bits per heavy atom. The summed E-state index contributed by atoms with van der Waals surface area (Å²) in [4.78, 5) is 20.2. The van der Waals surface area contributed by atoms with Crippen LogP contribution in [0.1, 0.15) is 47.2 Å². The van der Waals surface area contributed by atoms with Gasteiger partial charge in [-0.2, -0.15) is 4.31 Å². The molecule has 1 fully saturated rings. The van der Waals surface area contributed by atoms with Crippen molar-refractivity contribution >= 4 is 16.0 Å². The summed E-state index contributed by atoms with van der Waals surface area (Å²) in [5, 5.41) is 9.53. The number of carboxylic acid groups (broad SMARTS) is 1. The van der Waals surface area contributed by atoms with Crippen molar-refractivity contribution in [3.63, 3.8) is 0 Å². The summed E-state index contributed by atoms with van der Waals surface area (Å²) in [6, 6.07) is 9.05. The predicted molar refractivity (Wildman–Crippen MR) is 117 cm³/mol. The number of ether oxygens (including phenoxy) is 1. The SMILES string of the molecule is O=C(O)c1cnc(C2CCCCN2S(=O)(=O)c2ccc(F)cc2)nc1COc1ccc(F)cc1. The molecule has 1 saturated heterocycles. The molecular formula is C23H21F2N3O5S. The van der Waals surface area contributed by atoms with Gasteiger partial charge in [0.1, 0.15) is 35.4 Å². The molecule has 0 spiro atoms. The first-order chi connectivity index (χ1) is 16.3. The molecule has 0 radical (unpaired) electrons. The van der Waals surface area contributed by atoms with Crippen molar-refractivity contribution in [2.24, 2.45) is 0 Å². The Balaban J connectivity index is 1.65. The van der Waals surface area contributed by atoms with E-state index in [1.165, 1.54) is 40.7 Å². The molecule has 1 N–H and O–H groups in total. The number of hydrogen-bond donors (Lipinski definition) is 1. The molecule has 1 atom stereocenters. The molecule has 1 aromatic heterocycles. The van der Waals surface area contributed by atoms with Crippen LogP contribution in [0.25, 0.3) is 0 Å². The zero-order valence-corrected chi connectivity index (χ0v) is 18.7. The maximum Gasteiger partial charge on any atom is 0.339 e. The van der Waals surface area contributed by atoms with Gasteiger partial charge in [-0.25, -0.2) is 32.0 Å². The van der Waals surface area contributed by atoms with E-state index in [9.17, 15) is 27.1 Å². The van der Waals surface area contributed by atoms with Crippen molar-refractivity contribution < 1.29 is 31.8 Å². The average molecular weight is 490 g/mol. The van der Waals surface area contributed by atoms with Gasteiger partial charge in [-0.05, 0) is 61.4 Å². The first-order valence-electron chi connectivity index (χ1n) is 10.5. The van der Waals surface area contributed by atoms with Crippen molar-refractivity contribution in [3.05, 3.63) is 83.4 Å². The van der Waals surface area contributed by atoms with Crippen LogP contribution in [0.15, 0.2) is 59.6 Å². The molecule has 1 unspecified atom stereocenters. The molecule has 0 bridgehead atoms. The minimum atomic E-state index is -3.97. The van der Waals surface area contributed by atoms with Crippen LogP contribution in [-0.4, -0.2) is 40.3 Å². The van der Waals surface area contributed by atoms with Crippen LogP contribution in [0.2, 0.25) is 0 Å². The van der Waals surface area contributed by atoms with E-state index in [1.54, 1.807) is 0 Å². The number of benzene rings is 2. The first kappa shape index (κ1) is 23.7. The van der Waals surface area contributed by atoms with Crippen LogP contribution in [0.5, 0.6) is 5.75 Å². The van der Waals surface area contributed by atoms with E-state index in [1.807, 2.05) is 0 Å².